The molecule has 2 aromatic carbocycles. The smallest absolute Gasteiger partial charge is 0.291 e. The Kier molecular flexibility index (Phi) is 4.76. The number of morpholine rings is 1. The first-order chi connectivity index (χ1) is 13.0. The number of aryl methyl sites for hydroxylation is 1. The van der Waals surface area contributed by atoms with Gasteiger partial charge in [-0.2, -0.15) is 0 Å². The van der Waals surface area contributed by atoms with Crippen molar-refractivity contribution in [1.29, 1.82) is 0 Å². The van der Waals surface area contributed by atoms with Gasteiger partial charge in [0.05, 0.1) is 24.6 Å². The molecule has 0 bridgehead atoms. The number of fused-ring (bicyclic) bond motifs is 1. The highest BCUT2D eigenvalue weighted by atomic mass is 35.5. The van der Waals surface area contributed by atoms with Gasteiger partial charge in [0.1, 0.15) is 0 Å². The molecule has 7 heteroatoms. The van der Waals surface area contributed by atoms with Crippen molar-refractivity contribution in [2.45, 2.75) is 6.92 Å². The van der Waals surface area contributed by atoms with E-state index in [2.05, 4.69) is 10.2 Å². The third kappa shape index (κ3) is 3.38. The van der Waals surface area contributed by atoms with Gasteiger partial charge >= 0.3 is 0 Å². The number of hydrogen-bond acceptors (Lipinski definition) is 4. The summed E-state index contributed by atoms with van der Waals surface area (Å²) < 4.78 is 24.9. The normalized spacial score (nSPS) is 14.6. The van der Waals surface area contributed by atoms with E-state index in [9.17, 15) is 9.18 Å². The Labute approximate surface area is 160 Å². The molecule has 0 spiro atoms. The van der Waals surface area contributed by atoms with Gasteiger partial charge in [0.2, 0.25) is 0 Å². The molecule has 1 N–H and O–H groups in total. The maximum atomic E-state index is 14.0. The molecule has 27 heavy (non-hydrogen) atoms. The minimum atomic E-state index is -0.494. The monoisotopic (exact) mass is 388 g/mol. The van der Waals surface area contributed by atoms with E-state index in [1.54, 1.807) is 31.2 Å². The van der Waals surface area contributed by atoms with Crippen molar-refractivity contribution in [2.24, 2.45) is 0 Å². The summed E-state index contributed by atoms with van der Waals surface area (Å²) in [6.07, 6.45) is 0. The van der Waals surface area contributed by atoms with Crippen LogP contribution in [-0.4, -0.2) is 32.2 Å². The number of furan rings is 1. The number of anilines is 2. The van der Waals surface area contributed by atoms with Gasteiger partial charge in [-0.15, -0.1) is 0 Å². The van der Waals surface area contributed by atoms with Crippen LogP contribution in [-0.2, 0) is 4.74 Å². The number of para-hydroxylation sites is 1. The van der Waals surface area contributed by atoms with Crippen LogP contribution >= 0.6 is 11.6 Å². The molecule has 1 saturated heterocycles. The zero-order chi connectivity index (χ0) is 19.0. The van der Waals surface area contributed by atoms with Crippen LogP contribution in [0.15, 0.2) is 40.8 Å². The summed E-state index contributed by atoms with van der Waals surface area (Å²) in [7, 11) is 0. The minimum absolute atomic E-state index is 0.0830. The summed E-state index contributed by atoms with van der Waals surface area (Å²) in [5, 5.41) is 3.96. The van der Waals surface area contributed by atoms with Crippen molar-refractivity contribution >= 4 is 39.9 Å². The summed E-state index contributed by atoms with van der Waals surface area (Å²) in [6.45, 7) is 4.43. The van der Waals surface area contributed by atoms with Crippen LogP contribution < -0.4 is 10.2 Å². The quantitative estimate of drug-likeness (QED) is 0.711. The fourth-order valence-electron chi connectivity index (χ4n) is 3.29. The van der Waals surface area contributed by atoms with E-state index < -0.39 is 11.7 Å². The van der Waals surface area contributed by atoms with Crippen molar-refractivity contribution in [3.63, 3.8) is 0 Å². The van der Waals surface area contributed by atoms with Crippen LogP contribution in [0.1, 0.15) is 16.1 Å². The van der Waals surface area contributed by atoms with Gasteiger partial charge in [-0.1, -0.05) is 23.7 Å². The van der Waals surface area contributed by atoms with E-state index in [0.717, 1.165) is 18.8 Å². The Morgan fingerprint density at radius 1 is 1.22 bits per heavy atom. The second-order valence-electron chi connectivity index (χ2n) is 6.39. The summed E-state index contributed by atoms with van der Waals surface area (Å²) in [5.74, 6) is -0.853. The number of carbonyl (C=O) groups excluding carboxylic acids is 1. The molecule has 1 aliphatic rings. The van der Waals surface area contributed by atoms with Crippen LogP contribution in [0.25, 0.3) is 11.0 Å². The Bertz CT molecular complexity index is 1010. The molecular weight excluding hydrogens is 371 g/mol. The van der Waals surface area contributed by atoms with Gasteiger partial charge in [0, 0.05) is 29.1 Å². The lowest BCUT2D eigenvalue weighted by atomic mass is 10.1. The van der Waals surface area contributed by atoms with E-state index in [4.69, 9.17) is 20.8 Å². The summed E-state index contributed by atoms with van der Waals surface area (Å²) in [5.41, 5.74) is 2.11. The lowest BCUT2D eigenvalue weighted by Gasteiger charge is -2.30. The summed E-state index contributed by atoms with van der Waals surface area (Å²) in [6, 6.07) is 9.98. The Balaban J connectivity index is 1.68. The van der Waals surface area contributed by atoms with Crippen LogP contribution in [0.5, 0.6) is 0 Å². The molecule has 0 saturated carbocycles. The second-order valence-corrected chi connectivity index (χ2v) is 6.82. The number of hydrogen-bond donors (Lipinski definition) is 1. The van der Waals surface area contributed by atoms with Crippen molar-refractivity contribution < 1.29 is 18.3 Å². The fourth-order valence-corrected chi connectivity index (χ4v) is 3.47. The Morgan fingerprint density at radius 2 is 2.00 bits per heavy atom. The van der Waals surface area contributed by atoms with Crippen molar-refractivity contribution in [3.05, 3.63) is 58.6 Å². The second kappa shape index (κ2) is 7.21. The number of rotatable bonds is 3. The lowest BCUT2D eigenvalue weighted by molar-refractivity contribution is 0.0997. The average Bonchev–Trinajstić information content (AvgIpc) is 3.01. The molecule has 2 heterocycles. The average molecular weight is 389 g/mol. The van der Waals surface area contributed by atoms with Crippen molar-refractivity contribution in [1.82, 2.24) is 0 Å². The van der Waals surface area contributed by atoms with E-state index in [1.807, 2.05) is 6.07 Å². The third-order valence-corrected chi connectivity index (χ3v) is 4.92. The van der Waals surface area contributed by atoms with E-state index in [0.29, 0.717) is 34.9 Å². The van der Waals surface area contributed by atoms with Gasteiger partial charge in [0.15, 0.2) is 17.2 Å². The maximum absolute atomic E-state index is 14.0. The van der Waals surface area contributed by atoms with Gasteiger partial charge in [-0.3, -0.25) is 4.79 Å². The molecule has 0 aliphatic carbocycles. The molecule has 1 fully saturated rings. The fraction of sp³-hybridized carbons (Fsp3) is 0.250. The molecular formula is C20H18ClFN2O3. The predicted octanol–water partition coefficient (Wildman–Crippen LogP) is 4.62. The van der Waals surface area contributed by atoms with Gasteiger partial charge in [-0.25, -0.2) is 4.39 Å². The van der Waals surface area contributed by atoms with Gasteiger partial charge in [0.25, 0.3) is 5.91 Å². The molecule has 1 aliphatic heterocycles. The predicted molar refractivity (Wildman–Crippen MR) is 103 cm³/mol. The zero-order valence-corrected chi connectivity index (χ0v) is 15.5. The van der Waals surface area contributed by atoms with E-state index in [1.165, 1.54) is 6.07 Å². The number of halogens is 2. The van der Waals surface area contributed by atoms with Gasteiger partial charge in [-0.05, 0) is 31.2 Å². The standard InChI is InChI=1S/C20H18ClFN2O3/c1-12-14-3-2-4-15(22)19(14)27-18(12)20(25)23-16-11-13(21)5-6-17(16)24-7-9-26-10-8-24/h2-6,11H,7-10H2,1H3,(H,23,25). The summed E-state index contributed by atoms with van der Waals surface area (Å²) in [4.78, 5) is 15.0. The van der Waals surface area contributed by atoms with Crippen molar-refractivity contribution in [2.75, 3.05) is 36.5 Å². The molecule has 5 nitrogen and oxygen atoms in total. The lowest BCUT2D eigenvalue weighted by Crippen LogP contribution is -2.36. The third-order valence-electron chi connectivity index (χ3n) is 4.68. The molecule has 1 aromatic heterocycles. The van der Waals surface area contributed by atoms with Crippen LogP contribution in [0.4, 0.5) is 15.8 Å². The van der Waals surface area contributed by atoms with Crippen LogP contribution in [0.3, 0.4) is 0 Å². The molecule has 140 valence electrons. The van der Waals surface area contributed by atoms with Crippen LogP contribution in [0.2, 0.25) is 5.02 Å². The highest BCUT2D eigenvalue weighted by molar-refractivity contribution is 6.31. The van der Waals surface area contributed by atoms with Crippen LogP contribution in [0, 0.1) is 12.7 Å². The first kappa shape index (κ1) is 17.8. The Hall–Kier alpha value is -2.57. The minimum Gasteiger partial charge on any atom is -0.448 e. The Morgan fingerprint density at radius 3 is 2.74 bits per heavy atom. The molecule has 3 aromatic rings. The number of nitrogens with one attached hydrogen (secondary N) is 1. The van der Waals surface area contributed by atoms with E-state index >= 15 is 0 Å². The molecule has 4 rings (SSSR count). The zero-order valence-electron chi connectivity index (χ0n) is 14.7. The number of amides is 1. The largest absolute Gasteiger partial charge is 0.448 e. The van der Waals surface area contributed by atoms with Crippen molar-refractivity contribution in [3.8, 4) is 0 Å². The highest BCUT2D eigenvalue weighted by Crippen LogP contribution is 2.32. The highest BCUT2D eigenvalue weighted by Gasteiger charge is 2.22. The summed E-state index contributed by atoms with van der Waals surface area (Å²) >= 11 is 6.13. The number of ether oxygens (including phenoxy) is 1. The number of nitrogens with zero attached hydrogens (tertiary/aromatic N) is 1. The topological polar surface area (TPSA) is 54.7 Å². The number of carbonyl (C=O) groups is 1. The maximum Gasteiger partial charge on any atom is 0.291 e. The SMILES string of the molecule is Cc1c(C(=O)Nc2cc(Cl)ccc2N2CCOCC2)oc2c(F)cccc12. The van der Waals surface area contributed by atoms with E-state index in [-0.39, 0.29) is 11.3 Å². The number of benzene rings is 2. The molecule has 0 unspecified atom stereocenters. The van der Waals surface area contributed by atoms with Gasteiger partial charge < -0.3 is 19.4 Å². The first-order valence-corrected chi connectivity index (χ1v) is 9.03. The molecule has 1 amide bonds. The molecule has 0 radical (unpaired) electrons. The first-order valence-electron chi connectivity index (χ1n) is 8.66. The molecule has 0 atom stereocenters.